The summed E-state index contributed by atoms with van der Waals surface area (Å²) in [6, 6.07) is 10.5. The van der Waals surface area contributed by atoms with E-state index in [0.29, 0.717) is 16.8 Å². The molecule has 21 heavy (non-hydrogen) atoms. The summed E-state index contributed by atoms with van der Waals surface area (Å²) in [4.78, 5) is 23.7. The molecule has 0 aliphatic carbocycles. The van der Waals surface area contributed by atoms with Gasteiger partial charge < -0.3 is 10.4 Å². The molecule has 2 aromatic rings. The predicted octanol–water partition coefficient (Wildman–Crippen LogP) is 3.86. The number of hydrogen-bond donors (Lipinski definition) is 2. The van der Waals surface area contributed by atoms with Crippen LogP contribution in [-0.2, 0) is 0 Å². The van der Waals surface area contributed by atoms with Crippen LogP contribution in [-0.4, -0.2) is 17.0 Å². The summed E-state index contributed by atoms with van der Waals surface area (Å²) < 4.78 is 0.858. The van der Waals surface area contributed by atoms with Crippen LogP contribution in [0, 0.1) is 17.4 Å². The molecule has 108 valence electrons. The Morgan fingerprint density at radius 3 is 2.33 bits per heavy atom. The third-order valence-electron chi connectivity index (χ3n) is 3.17. The number of rotatable bonds is 3. The highest BCUT2D eigenvalue weighted by Gasteiger charge is 2.17. The van der Waals surface area contributed by atoms with Gasteiger partial charge in [0.25, 0.3) is 5.91 Å². The Bertz CT molecular complexity index is 725. The molecule has 0 aliphatic heterocycles. The molecule has 0 bridgehead atoms. The Morgan fingerprint density at radius 2 is 1.67 bits per heavy atom. The van der Waals surface area contributed by atoms with Gasteiger partial charge in [-0.1, -0.05) is 24.3 Å². The van der Waals surface area contributed by atoms with Crippen LogP contribution in [0.2, 0.25) is 0 Å². The first-order valence-corrected chi connectivity index (χ1v) is 7.39. The van der Waals surface area contributed by atoms with Gasteiger partial charge in [0, 0.05) is 3.57 Å². The fourth-order valence-corrected chi connectivity index (χ4v) is 2.67. The average molecular weight is 395 g/mol. The zero-order valence-corrected chi connectivity index (χ0v) is 13.8. The van der Waals surface area contributed by atoms with E-state index in [1.807, 2.05) is 13.0 Å². The van der Waals surface area contributed by atoms with Crippen LogP contribution < -0.4 is 5.32 Å². The molecule has 0 saturated heterocycles. The minimum absolute atomic E-state index is 0.119. The molecule has 0 radical (unpaired) electrons. The number of hydrogen-bond acceptors (Lipinski definition) is 2. The largest absolute Gasteiger partial charge is 0.478 e. The van der Waals surface area contributed by atoms with Crippen molar-refractivity contribution in [1.82, 2.24) is 0 Å². The SMILES string of the molecule is Cc1cccc(C(=O)Nc2cccc(C)c2C(=O)O)c1I. The van der Waals surface area contributed by atoms with E-state index in [2.05, 4.69) is 27.9 Å². The van der Waals surface area contributed by atoms with Crippen LogP contribution in [0.25, 0.3) is 0 Å². The van der Waals surface area contributed by atoms with Crippen LogP contribution in [0.4, 0.5) is 5.69 Å². The maximum atomic E-state index is 12.4. The Morgan fingerprint density at radius 1 is 1.05 bits per heavy atom. The van der Waals surface area contributed by atoms with Gasteiger partial charge >= 0.3 is 5.97 Å². The Kier molecular flexibility index (Phi) is 4.62. The summed E-state index contributed by atoms with van der Waals surface area (Å²) in [5.74, 6) is -1.36. The second kappa shape index (κ2) is 6.26. The number of benzene rings is 2. The first kappa shape index (κ1) is 15.5. The van der Waals surface area contributed by atoms with Crippen molar-refractivity contribution in [2.24, 2.45) is 0 Å². The highest BCUT2D eigenvalue weighted by atomic mass is 127. The van der Waals surface area contributed by atoms with Crippen molar-refractivity contribution in [3.63, 3.8) is 0 Å². The van der Waals surface area contributed by atoms with Gasteiger partial charge in [-0.25, -0.2) is 4.79 Å². The summed E-state index contributed by atoms with van der Waals surface area (Å²) in [6.07, 6.45) is 0. The Labute approximate surface area is 136 Å². The summed E-state index contributed by atoms with van der Waals surface area (Å²) in [7, 11) is 0. The zero-order valence-electron chi connectivity index (χ0n) is 11.6. The number of halogens is 1. The number of aromatic carboxylic acids is 1. The molecular formula is C16H14INO3. The monoisotopic (exact) mass is 395 g/mol. The van der Waals surface area contributed by atoms with Gasteiger partial charge in [-0.15, -0.1) is 0 Å². The normalized spacial score (nSPS) is 10.2. The van der Waals surface area contributed by atoms with Crippen molar-refractivity contribution >= 4 is 40.2 Å². The maximum Gasteiger partial charge on any atom is 0.338 e. The van der Waals surface area contributed by atoms with E-state index in [0.717, 1.165) is 9.13 Å². The lowest BCUT2D eigenvalue weighted by Gasteiger charge is -2.12. The van der Waals surface area contributed by atoms with E-state index in [1.54, 1.807) is 37.3 Å². The Balaban J connectivity index is 2.39. The summed E-state index contributed by atoms with van der Waals surface area (Å²) >= 11 is 2.11. The molecule has 0 heterocycles. The fourth-order valence-electron chi connectivity index (χ4n) is 2.07. The van der Waals surface area contributed by atoms with Gasteiger partial charge in [0.05, 0.1) is 16.8 Å². The molecule has 0 aliphatic rings. The number of amides is 1. The molecule has 0 unspecified atom stereocenters. The van der Waals surface area contributed by atoms with E-state index in [9.17, 15) is 14.7 Å². The predicted molar refractivity (Wildman–Crippen MR) is 90.0 cm³/mol. The van der Waals surface area contributed by atoms with Crippen molar-refractivity contribution < 1.29 is 14.7 Å². The van der Waals surface area contributed by atoms with E-state index in [-0.39, 0.29) is 11.5 Å². The number of carboxylic acids is 1. The smallest absolute Gasteiger partial charge is 0.338 e. The summed E-state index contributed by atoms with van der Waals surface area (Å²) in [6.45, 7) is 3.63. The number of carbonyl (C=O) groups is 2. The van der Waals surface area contributed by atoms with E-state index < -0.39 is 5.97 Å². The molecule has 0 atom stereocenters. The molecule has 2 rings (SSSR count). The molecule has 0 fully saturated rings. The molecule has 0 saturated carbocycles. The number of carbonyl (C=O) groups excluding carboxylic acids is 1. The molecule has 5 heteroatoms. The molecule has 0 aromatic heterocycles. The average Bonchev–Trinajstić information content (AvgIpc) is 2.41. The van der Waals surface area contributed by atoms with Gasteiger partial charge in [-0.05, 0) is 59.7 Å². The van der Waals surface area contributed by atoms with E-state index >= 15 is 0 Å². The van der Waals surface area contributed by atoms with Gasteiger partial charge in [-0.3, -0.25) is 4.79 Å². The van der Waals surface area contributed by atoms with Gasteiger partial charge in [0.2, 0.25) is 0 Å². The standard InChI is InChI=1S/C16H14INO3/c1-9-5-4-8-12(13(9)16(20)21)18-15(19)11-7-3-6-10(2)14(11)17/h3-8H,1-2H3,(H,18,19)(H,20,21). The lowest BCUT2D eigenvalue weighted by atomic mass is 10.1. The summed E-state index contributed by atoms with van der Waals surface area (Å²) in [5.41, 5.74) is 2.58. The van der Waals surface area contributed by atoms with Crippen molar-refractivity contribution in [3.05, 3.63) is 62.2 Å². The van der Waals surface area contributed by atoms with Crippen molar-refractivity contribution in [1.29, 1.82) is 0 Å². The topological polar surface area (TPSA) is 66.4 Å². The van der Waals surface area contributed by atoms with Crippen LogP contribution >= 0.6 is 22.6 Å². The first-order chi connectivity index (χ1) is 9.91. The molecule has 1 amide bonds. The number of aryl methyl sites for hydroxylation is 2. The van der Waals surface area contributed by atoms with Crippen LogP contribution in [0.5, 0.6) is 0 Å². The van der Waals surface area contributed by atoms with Gasteiger partial charge in [0.15, 0.2) is 0 Å². The lowest BCUT2D eigenvalue weighted by Crippen LogP contribution is -2.17. The fraction of sp³-hybridized carbons (Fsp3) is 0.125. The van der Waals surface area contributed by atoms with Crippen LogP contribution in [0.1, 0.15) is 31.8 Å². The van der Waals surface area contributed by atoms with E-state index in [4.69, 9.17) is 0 Å². The van der Waals surface area contributed by atoms with Crippen LogP contribution in [0.15, 0.2) is 36.4 Å². The lowest BCUT2D eigenvalue weighted by molar-refractivity contribution is 0.0697. The summed E-state index contributed by atoms with van der Waals surface area (Å²) in [5, 5.41) is 12.0. The second-order valence-corrected chi connectivity index (χ2v) is 5.77. The van der Waals surface area contributed by atoms with Crippen LogP contribution in [0.3, 0.4) is 0 Å². The molecule has 4 nitrogen and oxygen atoms in total. The third kappa shape index (κ3) is 3.24. The first-order valence-electron chi connectivity index (χ1n) is 6.31. The van der Waals surface area contributed by atoms with Crippen molar-refractivity contribution in [2.75, 3.05) is 5.32 Å². The van der Waals surface area contributed by atoms with Crippen molar-refractivity contribution in [3.8, 4) is 0 Å². The highest BCUT2D eigenvalue weighted by Crippen LogP contribution is 2.22. The maximum absolute atomic E-state index is 12.4. The highest BCUT2D eigenvalue weighted by molar-refractivity contribution is 14.1. The van der Waals surface area contributed by atoms with E-state index in [1.165, 1.54) is 0 Å². The zero-order chi connectivity index (χ0) is 15.6. The van der Waals surface area contributed by atoms with Gasteiger partial charge in [0.1, 0.15) is 0 Å². The minimum atomic E-state index is -1.05. The number of carboxylic acid groups (broad SMARTS) is 1. The molecular weight excluding hydrogens is 381 g/mol. The molecule has 2 N–H and O–H groups in total. The number of nitrogens with one attached hydrogen (secondary N) is 1. The Hall–Kier alpha value is -1.89. The minimum Gasteiger partial charge on any atom is -0.478 e. The van der Waals surface area contributed by atoms with Gasteiger partial charge in [-0.2, -0.15) is 0 Å². The molecule has 0 spiro atoms. The third-order valence-corrected chi connectivity index (χ3v) is 4.60. The second-order valence-electron chi connectivity index (χ2n) is 4.69. The number of anilines is 1. The quantitative estimate of drug-likeness (QED) is 0.776. The van der Waals surface area contributed by atoms with Crippen molar-refractivity contribution in [2.45, 2.75) is 13.8 Å². The molecule has 2 aromatic carbocycles.